The fourth-order valence-corrected chi connectivity index (χ4v) is 1.87. The molecule has 0 bridgehead atoms. The molecule has 1 saturated carbocycles. The van der Waals surface area contributed by atoms with Crippen molar-refractivity contribution < 1.29 is 15.0 Å². The zero-order valence-corrected chi connectivity index (χ0v) is 6.71. The van der Waals surface area contributed by atoms with Crippen LogP contribution in [0.25, 0.3) is 0 Å². The largest absolute Gasteiger partial charge is 0.481 e. The predicted octanol–water partition coefficient (Wildman–Crippen LogP) is 1.01. The molecule has 0 aromatic carbocycles. The summed E-state index contributed by atoms with van der Waals surface area (Å²) in [5.74, 6) is -0.843. The smallest absolute Gasteiger partial charge is 0.312 e. The summed E-state index contributed by atoms with van der Waals surface area (Å²) in [5.41, 5.74) is -0.833. The van der Waals surface area contributed by atoms with E-state index in [0.717, 1.165) is 6.42 Å². The van der Waals surface area contributed by atoms with Crippen molar-refractivity contribution >= 4 is 5.97 Å². The summed E-state index contributed by atoms with van der Waals surface area (Å²) < 4.78 is 0. The lowest BCUT2D eigenvalue weighted by molar-refractivity contribution is -0.154. The Morgan fingerprint density at radius 3 is 2.55 bits per heavy atom. The number of aliphatic hydroxyl groups is 1. The molecule has 2 unspecified atom stereocenters. The van der Waals surface area contributed by atoms with Gasteiger partial charge < -0.3 is 10.2 Å². The van der Waals surface area contributed by atoms with Crippen molar-refractivity contribution in [2.24, 2.45) is 5.41 Å². The van der Waals surface area contributed by atoms with Crippen LogP contribution in [0.1, 0.15) is 32.6 Å². The summed E-state index contributed by atoms with van der Waals surface area (Å²) in [6, 6.07) is 0. The second-order valence-corrected chi connectivity index (χ2v) is 3.22. The van der Waals surface area contributed by atoms with Crippen molar-refractivity contribution in [3.05, 3.63) is 0 Å². The fourth-order valence-electron chi connectivity index (χ4n) is 1.87. The second kappa shape index (κ2) is 2.81. The minimum atomic E-state index is -0.843. The number of hydrogen-bond acceptors (Lipinski definition) is 2. The number of carbonyl (C=O) groups is 1. The van der Waals surface area contributed by atoms with E-state index in [4.69, 9.17) is 5.11 Å². The van der Waals surface area contributed by atoms with Gasteiger partial charge in [0.25, 0.3) is 0 Å². The first kappa shape index (κ1) is 8.53. The van der Waals surface area contributed by atoms with E-state index in [2.05, 4.69) is 0 Å². The van der Waals surface area contributed by atoms with E-state index in [1.807, 2.05) is 6.92 Å². The van der Waals surface area contributed by atoms with Crippen LogP contribution < -0.4 is 0 Å². The van der Waals surface area contributed by atoms with E-state index >= 15 is 0 Å². The third-order valence-corrected chi connectivity index (χ3v) is 2.80. The van der Waals surface area contributed by atoms with Gasteiger partial charge in [0.05, 0.1) is 11.5 Å². The van der Waals surface area contributed by atoms with Gasteiger partial charge in [0.15, 0.2) is 0 Å². The number of carboxylic acid groups (broad SMARTS) is 1. The molecule has 0 spiro atoms. The minimum Gasteiger partial charge on any atom is -0.481 e. The highest BCUT2D eigenvalue weighted by molar-refractivity contribution is 5.75. The summed E-state index contributed by atoms with van der Waals surface area (Å²) in [4.78, 5) is 10.8. The lowest BCUT2D eigenvalue weighted by Crippen LogP contribution is -2.37. The standard InChI is InChI=1S/C8H14O3/c1-2-8(7(10)11)5-3-4-6(8)9/h6,9H,2-5H2,1H3,(H,10,11). The van der Waals surface area contributed by atoms with Gasteiger partial charge in [0.2, 0.25) is 0 Å². The van der Waals surface area contributed by atoms with Crippen LogP contribution in [0.4, 0.5) is 0 Å². The molecule has 1 rings (SSSR count). The quantitative estimate of drug-likeness (QED) is 0.630. The van der Waals surface area contributed by atoms with Crippen molar-refractivity contribution in [3.63, 3.8) is 0 Å². The Bertz CT molecular complexity index is 167. The first-order chi connectivity index (χ1) is 5.13. The maximum Gasteiger partial charge on any atom is 0.312 e. The third-order valence-electron chi connectivity index (χ3n) is 2.80. The number of aliphatic hydroxyl groups excluding tert-OH is 1. The molecule has 0 aromatic rings. The molecule has 2 atom stereocenters. The summed E-state index contributed by atoms with van der Waals surface area (Å²) in [7, 11) is 0. The number of carboxylic acids is 1. The molecule has 11 heavy (non-hydrogen) atoms. The van der Waals surface area contributed by atoms with Crippen LogP contribution in [0.3, 0.4) is 0 Å². The molecule has 3 nitrogen and oxygen atoms in total. The molecule has 3 heteroatoms. The zero-order valence-electron chi connectivity index (χ0n) is 6.71. The van der Waals surface area contributed by atoms with Crippen LogP contribution in [0, 0.1) is 5.41 Å². The van der Waals surface area contributed by atoms with Gasteiger partial charge in [-0.2, -0.15) is 0 Å². The first-order valence-electron chi connectivity index (χ1n) is 4.05. The van der Waals surface area contributed by atoms with Gasteiger partial charge in [-0.1, -0.05) is 6.92 Å². The monoisotopic (exact) mass is 158 g/mol. The van der Waals surface area contributed by atoms with Gasteiger partial charge in [0, 0.05) is 0 Å². The Morgan fingerprint density at radius 2 is 2.36 bits per heavy atom. The van der Waals surface area contributed by atoms with Gasteiger partial charge in [-0.15, -0.1) is 0 Å². The van der Waals surface area contributed by atoms with Crippen molar-refractivity contribution in [3.8, 4) is 0 Å². The molecule has 0 aromatic heterocycles. The highest BCUT2D eigenvalue weighted by Gasteiger charge is 2.46. The maximum absolute atomic E-state index is 10.8. The molecular formula is C8H14O3. The highest BCUT2D eigenvalue weighted by atomic mass is 16.4. The Kier molecular flexibility index (Phi) is 2.18. The molecule has 2 N–H and O–H groups in total. The SMILES string of the molecule is CCC1(C(=O)O)CCCC1O. The molecule has 1 fully saturated rings. The molecular weight excluding hydrogens is 144 g/mol. The average molecular weight is 158 g/mol. The van der Waals surface area contributed by atoms with Crippen LogP contribution in [0.2, 0.25) is 0 Å². The van der Waals surface area contributed by atoms with Crippen molar-refractivity contribution in [1.29, 1.82) is 0 Å². The molecule has 64 valence electrons. The highest BCUT2D eigenvalue weighted by Crippen LogP contribution is 2.41. The number of aliphatic carboxylic acids is 1. The molecule has 0 saturated heterocycles. The van der Waals surface area contributed by atoms with E-state index in [0.29, 0.717) is 19.3 Å². The van der Waals surface area contributed by atoms with Crippen LogP contribution in [0.15, 0.2) is 0 Å². The predicted molar refractivity (Wildman–Crippen MR) is 40.2 cm³/mol. The lowest BCUT2D eigenvalue weighted by Gasteiger charge is -2.25. The van der Waals surface area contributed by atoms with E-state index in [1.54, 1.807) is 0 Å². The third kappa shape index (κ3) is 1.13. The maximum atomic E-state index is 10.8. The Hall–Kier alpha value is -0.570. The van der Waals surface area contributed by atoms with Crippen molar-refractivity contribution in [2.75, 3.05) is 0 Å². The van der Waals surface area contributed by atoms with E-state index in [9.17, 15) is 9.90 Å². The summed E-state index contributed by atoms with van der Waals surface area (Å²) in [6.45, 7) is 1.82. The van der Waals surface area contributed by atoms with Crippen LogP contribution in [-0.4, -0.2) is 22.3 Å². The number of rotatable bonds is 2. The van der Waals surface area contributed by atoms with Crippen molar-refractivity contribution in [2.45, 2.75) is 38.7 Å². The Labute approximate surface area is 66.0 Å². The topological polar surface area (TPSA) is 57.5 Å². The van der Waals surface area contributed by atoms with Gasteiger partial charge in [0.1, 0.15) is 0 Å². The van der Waals surface area contributed by atoms with Crippen LogP contribution in [-0.2, 0) is 4.79 Å². The molecule has 0 aliphatic heterocycles. The van der Waals surface area contributed by atoms with Crippen LogP contribution in [0.5, 0.6) is 0 Å². The lowest BCUT2D eigenvalue weighted by atomic mass is 9.81. The average Bonchev–Trinajstić information content (AvgIpc) is 2.32. The number of hydrogen-bond donors (Lipinski definition) is 2. The first-order valence-corrected chi connectivity index (χ1v) is 4.05. The summed E-state index contributed by atoms with van der Waals surface area (Å²) in [5, 5.41) is 18.3. The summed E-state index contributed by atoms with van der Waals surface area (Å²) in [6.07, 6.45) is 2.00. The second-order valence-electron chi connectivity index (χ2n) is 3.22. The van der Waals surface area contributed by atoms with Crippen LogP contribution >= 0.6 is 0 Å². The Morgan fingerprint density at radius 1 is 1.73 bits per heavy atom. The van der Waals surface area contributed by atoms with E-state index < -0.39 is 17.5 Å². The zero-order chi connectivity index (χ0) is 8.48. The molecule has 0 radical (unpaired) electrons. The fraction of sp³-hybridized carbons (Fsp3) is 0.875. The molecule has 0 amide bonds. The van der Waals surface area contributed by atoms with Crippen molar-refractivity contribution in [1.82, 2.24) is 0 Å². The molecule has 0 heterocycles. The van der Waals surface area contributed by atoms with Gasteiger partial charge >= 0.3 is 5.97 Å². The van der Waals surface area contributed by atoms with E-state index in [-0.39, 0.29) is 0 Å². The minimum absolute atomic E-state index is 0.531. The van der Waals surface area contributed by atoms with Gasteiger partial charge in [-0.05, 0) is 25.7 Å². The van der Waals surface area contributed by atoms with Gasteiger partial charge in [-0.3, -0.25) is 4.79 Å². The van der Waals surface area contributed by atoms with Gasteiger partial charge in [-0.25, -0.2) is 0 Å². The Balaban J connectivity index is 2.82. The molecule has 1 aliphatic carbocycles. The molecule has 1 aliphatic rings. The van der Waals surface area contributed by atoms with E-state index in [1.165, 1.54) is 0 Å². The summed E-state index contributed by atoms with van der Waals surface area (Å²) >= 11 is 0. The normalized spacial score (nSPS) is 37.5.